The first-order chi connectivity index (χ1) is 13.2. The fourth-order valence-corrected chi connectivity index (χ4v) is 4.49. The van der Waals surface area contributed by atoms with Crippen LogP contribution in [0.5, 0.6) is 5.75 Å². The van der Waals surface area contributed by atoms with Gasteiger partial charge >= 0.3 is 0 Å². The fraction of sp³-hybridized carbons (Fsp3) is 0.280. The van der Waals surface area contributed by atoms with Gasteiger partial charge in [0.25, 0.3) is 0 Å². The third-order valence-electron chi connectivity index (χ3n) is 5.83. The number of ether oxygens (including phenoxy) is 1. The summed E-state index contributed by atoms with van der Waals surface area (Å²) in [6.07, 6.45) is 4.92. The zero-order valence-electron chi connectivity index (χ0n) is 16.1. The van der Waals surface area contributed by atoms with Crippen LogP contribution in [0, 0.1) is 13.8 Å². The topological polar surface area (TPSA) is 12.5 Å². The number of rotatable bonds is 1. The molecule has 0 N–H and O–H groups in total. The molecule has 0 bridgehead atoms. The molecule has 0 saturated carbocycles. The van der Waals surface area contributed by atoms with Crippen LogP contribution in [-0.2, 0) is 19.4 Å². The number of hydrogen-bond donors (Lipinski definition) is 0. The van der Waals surface area contributed by atoms with Crippen molar-refractivity contribution in [2.24, 2.45) is 0 Å². The summed E-state index contributed by atoms with van der Waals surface area (Å²) in [5.74, 6) is 0.970. The largest absolute Gasteiger partial charge is 0.487 e. The summed E-state index contributed by atoms with van der Waals surface area (Å²) in [4.78, 5) is 2.43. The normalized spacial score (nSPS) is 15.3. The monoisotopic (exact) mass is 355 g/mol. The van der Waals surface area contributed by atoms with Crippen molar-refractivity contribution in [3.05, 3.63) is 82.4 Å². The molecule has 0 fully saturated rings. The van der Waals surface area contributed by atoms with Gasteiger partial charge in [0.1, 0.15) is 12.4 Å². The molecular formula is C25H25NO. The van der Waals surface area contributed by atoms with Gasteiger partial charge in [-0.25, -0.2) is 0 Å². The first kappa shape index (κ1) is 16.4. The van der Waals surface area contributed by atoms with Crippen molar-refractivity contribution in [1.29, 1.82) is 0 Å². The highest BCUT2D eigenvalue weighted by Gasteiger charge is 2.26. The maximum Gasteiger partial charge on any atom is 0.144 e. The van der Waals surface area contributed by atoms with E-state index >= 15 is 0 Å². The summed E-state index contributed by atoms with van der Waals surface area (Å²) < 4.78 is 6.26. The van der Waals surface area contributed by atoms with Crippen LogP contribution >= 0.6 is 0 Å². The summed E-state index contributed by atoms with van der Waals surface area (Å²) in [5, 5.41) is 0. The van der Waals surface area contributed by atoms with Crippen LogP contribution in [0.2, 0.25) is 0 Å². The molecule has 1 aliphatic heterocycles. The molecule has 0 radical (unpaired) electrons. The highest BCUT2D eigenvalue weighted by molar-refractivity contribution is 5.84. The van der Waals surface area contributed by atoms with Gasteiger partial charge in [0.2, 0.25) is 0 Å². The van der Waals surface area contributed by atoms with E-state index in [2.05, 4.69) is 73.3 Å². The zero-order chi connectivity index (χ0) is 18.4. The Morgan fingerprint density at radius 1 is 0.741 bits per heavy atom. The van der Waals surface area contributed by atoms with E-state index in [1.165, 1.54) is 58.5 Å². The van der Waals surface area contributed by atoms with Gasteiger partial charge < -0.3 is 9.64 Å². The van der Waals surface area contributed by atoms with Gasteiger partial charge in [0.15, 0.2) is 0 Å². The standard InChI is InChI=1S/C25H25NO/c1-17-10-12-22-20(14-17)16-27-25-15-18(2)11-13-24(25)26(22)23-9-5-7-19-6-3-4-8-21(19)23/h5,7,9-15H,3-4,6,8,16H2,1-2H3. The Labute approximate surface area is 161 Å². The van der Waals surface area contributed by atoms with Crippen LogP contribution in [0.3, 0.4) is 0 Å². The maximum absolute atomic E-state index is 6.26. The molecule has 2 aliphatic rings. The van der Waals surface area contributed by atoms with Gasteiger partial charge in [-0.1, -0.05) is 35.9 Å². The molecule has 3 aromatic carbocycles. The van der Waals surface area contributed by atoms with Crippen molar-refractivity contribution in [3.63, 3.8) is 0 Å². The van der Waals surface area contributed by atoms with E-state index in [1.54, 1.807) is 0 Å². The minimum absolute atomic E-state index is 0.610. The lowest BCUT2D eigenvalue weighted by molar-refractivity contribution is 0.310. The van der Waals surface area contributed by atoms with Gasteiger partial charge in [-0.3, -0.25) is 0 Å². The molecule has 27 heavy (non-hydrogen) atoms. The first-order valence-corrected chi connectivity index (χ1v) is 9.94. The van der Waals surface area contributed by atoms with Crippen LogP contribution in [-0.4, -0.2) is 0 Å². The van der Waals surface area contributed by atoms with E-state index in [0.29, 0.717) is 6.61 Å². The molecule has 0 spiro atoms. The number of benzene rings is 3. The molecule has 2 heteroatoms. The molecule has 0 saturated heterocycles. The Bertz CT molecular complexity index is 967. The number of nitrogens with zero attached hydrogens (tertiary/aromatic N) is 1. The van der Waals surface area contributed by atoms with Gasteiger partial charge in [-0.05, 0) is 80.5 Å². The minimum Gasteiger partial charge on any atom is -0.487 e. The van der Waals surface area contributed by atoms with E-state index in [4.69, 9.17) is 4.74 Å². The molecule has 3 aromatic rings. The SMILES string of the molecule is Cc1ccc2c(c1)COc1cc(C)ccc1N2c1cccc2c1CCCC2. The highest BCUT2D eigenvalue weighted by atomic mass is 16.5. The number of anilines is 3. The maximum atomic E-state index is 6.26. The van der Waals surface area contributed by atoms with Crippen LogP contribution in [0.1, 0.15) is 40.7 Å². The third kappa shape index (κ3) is 2.80. The second kappa shape index (κ2) is 6.45. The Hall–Kier alpha value is -2.74. The Balaban J connectivity index is 1.78. The molecule has 0 unspecified atom stereocenters. The van der Waals surface area contributed by atoms with Crippen molar-refractivity contribution < 1.29 is 4.74 Å². The average Bonchev–Trinajstić information content (AvgIpc) is 2.84. The number of hydrogen-bond acceptors (Lipinski definition) is 2. The smallest absolute Gasteiger partial charge is 0.144 e. The molecule has 0 atom stereocenters. The van der Waals surface area contributed by atoms with E-state index in [-0.39, 0.29) is 0 Å². The van der Waals surface area contributed by atoms with Gasteiger partial charge in [-0.15, -0.1) is 0 Å². The zero-order valence-corrected chi connectivity index (χ0v) is 16.1. The summed E-state index contributed by atoms with van der Waals surface area (Å²) in [6.45, 7) is 4.89. The van der Waals surface area contributed by atoms with E-state index < -0.39 is 0 Å². The molecule has 5 rings (SSSR count). The molecule has 1 heterocycles. The second-order valence-corrected chi connectivity index (χ2v) is 7.85. The predicted octanol–water partition coefficient (Wildman–Crippen LogP) is 6.54. The molecular weight excluding hydrogens is 330 g/mol. The fourth-order valence-electron chi connectivity index (χ4n) is 4.49. The quantitative estimate of drug-likeness (QED) is 0.491. The molecule has 0 aromatic heterocycles. The van der Waals surface area contributed by atoms with Crippen molar-refractivity contribution in [2.45, 2.75) is 46.1 Å². The van der Waals surface area contributed by atoms with Crippen molar-refractivity contribution in [2.75, 3.05) is 4.90 Å². The van der Waals surface area contributed by atoms with Gasteiger partial charge in [-0.2, -0.15) is 0 Å². The third-order valence-corrected chi connectivity index (χ3v) is 5.83. The van der Waals surface area contributed by atoms with Crippen molar-refractivity contribution in [1.82, 2.24) is 0 Å². The predicted molar refractivity (Wildman–Crippen MR) is 112 cm³/mol. The van der Waals surface area contributed by atoms with Crippen molar-refractivity contribution >= 4 is 17.1 Å². The van der Waals surface area contributed by atoms with E-state index in [1.807, 2.05) is 0 Å². The summed E-state index contributed by atoms with van der Waals surface area (Å²) in [6, 6.07) is 20.1. The van der Waals surface area contributed by atoms with E-state index in [9.17, 15) is 0 Å². The Kier molecular flexibility index (Phi) is 3.93. The Morgan fingerprint density at radius 2 is 1.52 bits per heavy atom. The second-order valence-electron chi connectivity index (χ2n) is 7.85. The van der Waals surface area contributed by atoms with Crippen LogP contribution in [0.25, 0.3) is 0 Å². The Morgan fingerprint density at radius 3 is 2.41 bits per heavy atom. The summed E-state index contributed by atoms with van der Waals surface area (Å²) in [5.41, 5.74) is 10.4. The van der Waals surface area contributed by atoms with Crippen molar-refractivity contribution in [3.8, 4) is 5.75 Å². The lowest BCUT2D eigenvalue weighted by Crippen LogP contribution is -2.15. The van der Waals surface area contributed by atoms with E-state index in [0.717, 1.165) is 17.9 Å². The minimum atomic E-state index is 0.610. The lowest BCUT2D eigenvalue weighted by atomic mass is 9.89. The summed E-state index contributed by atoms with van der Waals surface area (Å²) in [7, 11) is 0. The molecule has 0 amide bonds. The summed E-state index contributed by atoms with van der Waals surface area (Å²) >= 11 is 0. The molecule has 2 nitrogen and oxygen atoms in total. The lowest BCUT2D eigenvalue weighted by Gasteiger charge is -2.30. The number of fused-ring (bicyclic) bond motifs is 3. The first-order valence-electron chi connectivity index (χ1n) is 9.94. The average molecular weight is 355 g/mol. The van der Waals surface area contributed by atoms with Crippen LogP contribution in [0.4, 0.5) is 17.1 Å². The number of aryl methyl sites for hydroxylation is 3. The van der Waals surface area contributed by atoms with Gasteiger partial charge in [0.05, 0.1) is 11.4 Å². The molecule has 136 valence electrons. The van der Waals surface area contributed by atoms with Gasteiger partial charge in [0, 0.05) is 11.3 Å². The van der Waals surface area contributed by atoms with Crippen LogP contribution in [0.15, 0.2) is 54.6 Å². The molecule has 1 aliphatic carbocycles. The van der Waals surface area contributed by atoms with Crippen LogP contribution < -0.4 is 9.64 Å². The highest BCUT2D eigenvalue weighted by Crippen LogP contribution is 2.47.